The van der Waals surface area contributed by atoms with Crippen molar-refractivity contribution in [2.45, 2.75) is 32.0 Å². The molecule has 0 atom stereocenters. The van der Waals surface area contributed by atoms with Crippen LogP contribution in [0.3, 0.4) is 0 Å². The second-order valence-electron chi connectivity index (χ2n) is 4.64. The lowest BCUT2D eigenvalue weighted by Crippen LogP contribution is -2.37. The van der Waals surface area contributed by atoms with E-state index in [9.17, 15) is 8.42 Å². The van der Waals surface area contributed by atoms with Crippen molar-refractivity contribution in [3.05, 3.63) is 18.0 Å². The molecule has 2 N–H and O–H groups in total. The molecule has 0 amide bonds. The summed E-state index contributed by atoms with van der Waals surface area (Å²) in [5, 5.41) is 16.2. The molecule has 0 aliphatic carbocycles. The maximum Gasteiger partial charge on any atom is 0.150 e. The van der Waals surface area contributed by atoms with Crippen molar-refractivity contribution in [2.75, 3.05) is 18.1 Å². The summed E-state index contributed by atoms with van der Waals surface area (Å²) in [6, 6.07) is 0.273. The number of rotatable bonds is 5. The van der Waals surface area contributed by atoms with Gasteiger partial charge in [-0.25, -0.2) is 8.42 Å². The fourth-order valence-electron chi connectivity index (χ4n) is 2.08. The van der Waals surface area contributed by atoms with Crippen LogP contribution in [0.15, 0.2) is 12.4 Å². The number of sulfone groups is 1. The lowest BCUT2D eigenvalue weighted by Gasteiger charge is -2.22. The molecular weight excluding hydrogens is 254 g/mol. The van der Waals surface area contributed by atoms with Crippen molar-refractivity contribution in [3.8, 4) is 0 Å². The fourth-order valence-corrected chi connectivity index (χ4v) is 3.57. The minimum atomic E-state index is -2.79. The van der Waals surface area contributed by atoms with Crippen molar-refractivity contribution in [1.82, 2.24) is 15.1 Å². The highest BCUT2D eigenvalue weighted by Gasteiger charge is 2.22. The van der Waals surface area contributed by atoms with E-state index in [4.69, 9.17) is 5.11 Å². The van der Waals surface area contributed by atoms with Gasteiger partial charge in [0.25, 0.3) is 0 Å². The van der Waals surface area contributed by atoms with Gasteiger partial charge in [0.1, 0.15) is 9.84 Å². The molecule has 102 valence electrons. The Hall–Kier alpha value is -0.920. The van der Waals surface area contributed by atoms with E-state index >= 15 is 0 Å². The highest BCUT2D eigenvalue weighted by atomic mass is 32.2. The second kappa shape index (κ2) is 5.81. The van der Waals surface area contributed by atoms with Gasteiger partial charge in [0.2, 0.25) is 0 Å². The summed E-state index contributed by atoms with van der Waals surface area (Å²) in [5.41, 5.74) is 1.05. The molecule has 1 aromatic heterocycles. The fraction of sp³-hybridized carbons (Fsp3) is 0.727. The van der Waals surface area contributed by atoms with Crippen LogP contribution in [0.4, 0.5) is 0 Å². The maximum absolute atomic E-state index is 11.3. The largest absolute Gasteiger partial charge is 0.394 e. The summed E-state index contributed by atoms with van der Waals surface area (Å²) in [7, 11) is -2.79. The topological polar surface area (TPSA) is 84.2 Å². The molecule has 2 heterocycles. The lowest BCUT2D eigenvalue weighted by atomic mass is 10.1. The minimum absolute atomic E-state index is 0.0784. The minimum Gasteiger partial charge on any atom is -0.394 e. The summed E-state index contributed by atoms with van der Waals surface area (Å²) in [6.07, 6.45) is 5.03. The van der Waals surface area contributed by atoms with Crippen LogP contribution < -0.4 is 5.32 Å². The molecular formula is C11H19N3O3S. The highest BCUT2D eigenvalue weighted by Crippen LogP contribution is 2.12. The van der Waals surface area contributed by atoms with E-state index in [1.807, 2.05) is 6.20 Å². The van der Waals surface area contributed by atoms with Gasteiger partial charge >= 0.3 is 0 Å². The van der Waals surface area contributed by atoms with Gasteiger partial charge in [-0.15, -0.1) is 0 Å². The van der Waals surface area contributed by atoms with E-state index in [1.165, 1.54) is 0 Å². The Balaban J connectivity index is 1.77. The standard InChI is InChI=1S/C11H19N3O3S/c15-4-3-14-9-10(8-13-14)7-12-11-1-5-18(16,17)6-2-11/h8-9,11-12,15H,1-7H2. The van der Waals surface area contributed by atoms with Gasteiger partial charge in [0.05, 0.1) is 30.9 Å². The second-order valence-corrected chi connectivity index (χ2v) is 6.95. The number of aliphatic hydroxyl groups is 1. The van der Waals surface area contributed by atoms with Crippen molar-refractivity contribution in [1.29, 1.82) is 0 Å². The Morgan fingerprint density at radius 2 is 2.17 bits per heavy atom. The summed E-state index contributed by atoms with van der Waals surface area (Å²) in [5.74, 6) is 0.572. The first-order chi connectivity index (χ1) is 8.59. The summed E-state index contributed by atoms with van der Waals surface area (Å²) < 4.78 is 24.3. The Morgan fingerprint density at radius 1 is 1.44 bits per heavy atom. The zero-order chi connectivity index (χ0) is 13.0. The molecule has 0 unspecified atom stereocenters. The van der Waals surface area contributed by atoms with Crippen molar-refractivity contribution in [2.24, 2.45) is 0 Å². The molecule has 0 bridgehead atoms. The third kappa shape index (κ3) is 3.79. The Morgan fingerprint density at radius 3 is 2.83 bits per heavy atom. The number of aliphatic hydroxyl groups excluding tert-OH is 1. The predicted molar refractivity (Wildman–Crippen MR) is 67.8 cm³/mol. The number of aromatic nitrogens is 2. The van der Waals surface area contributed by atoms with Gasteiger partial charge in [-0.1, -0.05) is 0 Å². The lowest BCUT2D eigenvalue weighted by molar-refractivity contribution is 0.269. The third-order valence-electron chi connectivity index (χ3n) is 3.17. The maximum atomic E-state index is 11.3. The molecule has 0 radical (unpaired) electrons. The number of hydrogen-bond donors (Lipinski definition) is 2. The SMILES string of the molecule is O=S1(=O)CCC(NCc2cnn(CCO)c2)CC1. The van der Waals surface area contributed by atoms with Crippen LogP contribution in [0.25, 0.3) is 0 Å². The van der Waals surface area contributed by atoms with E-state index in [2.05, 4.69) is 10.4 Å². The molecule has 1 aliphatic heterocycles. The highest BCUT2D eigenvalue weighted by molar-refractivity contribution is 7.91. The van der Waals surface area contributed by atoms with Crippen LogP contribution in [0.1, 0.15) is 18.4 Å². The monoisotopic (exact) mass is 273 g/mol. The van der Waals surface area contributed by atoms with Gasteiger partial charge in [0, 0.05) is 24.3 Å². The van der Waals surface area contributed by atoms with E-state index in [1.54, 1.807) is 10.9 Å². The van der Waals surface area contributed by atoms with E-state index in [0.717, 1.165) is 5.56 Å². The predicted octanol–water partition coefficient (Wildman–Crippen LogP) is -0.458. The molecule has 6 nitrogen and oxygen atoms in total. The van der Waals surface area contributed by atoms with E-state index in [-0.39, 0.29) is 24.2 Å². The van der Waals surface area contributed by atoms with Crippen LogP contribution in [0.5, 0.6) is 0 Å². The third-order valence-corrected chi connectivity index (χ3v) is 4.88. The number of nitrogens with one attached hydrogen (secondary N) is 1. The van der Waals surface area contributed by atoms with Crippen LogP contribution in [-0.2, 0) is 22.9 Å². The van der Waals surface area contributed by atoms with Gasteiger partial charge in [-0.05, 0) is 12.8 Å². The summed E-state index contributed by atoms with van der Waals surface area (Å²) in [6.45, 7) is 1.27. The summed E-state index contributed by atoms with van der Waals surface area (Å²) >= 11 is 0. The first kappa shape index (κ1) is 13.5. The van der Waals surface area contributed by atoms with E-state index in [0.29, 0.717) is 25.9 Å². The summed E-state index contributed by atoms with van der Waals surface area (Å²) in [4.78, 5) is 0. The molecule has 7 heteroatoms. The average molecular weight is 273 g/mol. The zero-order valence-electron chi connectivity index (χ0n) is 10.2. The molecule has 18 heavy (non-hydrogen) atoms. The number of hydrogen-bond acceptors (Lipinski definition) is 5. The van der Waals surface area contributed by atoms with Gasteiger partial charge in [-0.2, -0.15) is 5.10 Å². The first-order valence-corrected chi connectivity index (χ1v) is 7.97. The molecule has 1 aromatic rings. The Kier molecular flexibility index (Phi) is 4.36. The van der Waals surface area contributed by atoms with E-state index < -0.39 is 9.84 Å². The molecule has 1 fully saturated rings. The van der Waals surface area contributed by atoms with Crippen molar-refractivity contribution < 1.29 is 13.5 Å². The first-order valence-electron chi connectivity index (χ1n) is 6.15. The molecule has 0 aromatic carbocycles. The van der Waals surface area contributed by atoms with Gasteiger partial charge in [-0.3, -0.25) is 4.68 Å². The van der Waals surface area contributed by atoms with Gasteiger partial charge < -0.3 is 10.4 Å². The number of nitrogens with zero attached hydrogens (tertiary/aromatic N) is 2. The van der Waals surface area contributed by atoms with Crippen LogP contribution >= 0.6 is 0 Å². The van der Waals surface area contributed by atoms with Crippen molar-refractivity contribution in [3.63, 3.8) is 0 Å². The normalized spacial score (nSPS) is 20.1. The van der Waals surface area contributed by atoms with Gasteiger partial charge in [0.15, 0.2) is 0 Å². The Labute approximate surface area is 107 Å². The molecule has 0 saturated carbocycles. The zero-order valence-corrected chi connectivity index (χ0v) is 11.1. The quantitative estimate of drug-likeness (QED) is 0.758. The molecule has 2 rings (SSSR count). The molecule has 1 aliphatic rings. The Bertz CT molecular complexity index is 469. The van der Waals surface area contributed by atoms with Crippen LogP contribution in [0.2, 0.25) is 0 Å². The van der Waals surface area contributed by atoms with Crippen LogP contribution in [0, 0.1) is 0 Å². The average Bonchev–Trinajstić information content (AvgIpc) is 2.76. The molecule has 1 saturated heterocycles. The van der Waals surface area contributed by atoms with Crippen LogP contribution in [-0.4, -0.2) is 47.5 Å². The molecule has 0 spiro atoms. The van der Waals surface area contributed by atoms with Crippen molar-refractivity contribution >= 4 is 9.84 Å². The smallest absolute Gasteiger partial charge is 0.150 e.